The average molecular weight is 408 g/mol. The molecule has 0 aliphatic rings. The van der Waals surface area contributed by atoms with Gasteiger partial charge in [0.15, 0.2) is 0 Å². The number of carbonyl (C=O) groups is 1. The number of carboxylic acid groups (broad SMARTS) is 1. The minimum atomic E-state index is -1.10. The first-order valence-electron chi connectivity index (χ1n) is 9.55. The molecule has 3 N–H and O–H groups in total. The van der Waals surface area contributed by atoms with Gasteiger partial charge in [0.1, 0.15) is 23.9 Å². The Morgan fingerprint density at radius 2 is 1.97 bits per heavy atom. The highest BCUT2D eigenvalue weighted by atomic mass is 19.1. The number of ether oxygens (including phenoxy) is 1. The lowest BCUT2D eigenvalue weighted by Gasteiger charge is -2.08. The summed E-state index contributed by atoms with van der Waals surface area (Å²) < 4.78 is 27.0. The lowest BCUT2D eigenvalue weighted by atomic mass is 10.1. The van der Waals surface area contributed by atoms with Crippen LogP contribution in [0.15, 0.2) is 65.2 Å². The highest BCUT2D eigenvalue weighted by Crippen LogP contribution is 2.28. The maximum atomic E-state index is 13.8. The third-order valence-corrected chi connectivity index (χ3v) is 4.90. The van der Waals surface area contributed by atoms with Crippen LogP contribution >= 0.6 is 0 Å². The van der Waals surface area contributed by atoms with Gasteiger partial charge in [0, 0.05) is 22.7 Å². The average Bonchev–Trinajstić information content (AvgIpc) is 3.33. The molecule has 7 heteroatoms. The van der Waals surface area contributed by atoms with Gasteiger partial charge in [-0.2, -0.15) is 0 Å². The van der Waals surface area contributed by atoms with Gasteiger partial charge < -0.3 is 24.6 Å². The predicted octanol–water partition coefficient (Wildman–Crippen LogP) is 4.20. The summed E-state index contributed by atoms with van der Waals surface area (Å²) in [5.41, 5.74) is 8.26. The van der Waals surface area contributed by atoms with Crippen molar-refractivity contribution in [2.45, 2.75) is 19.6 Å². The standard InChI is InChI=1S/C23H21FN2O4/c24-20-4-2-1-3-16(20)14-29-17-5-7-21-19(11-17)15(9-10-25)12-26(21)13-18-6-8-22(30-18)23(27)28/h1-8,11-12H,9-10,13-14,25H2,(H,27,28). The molecule has 154 valence electrons. The summed E-state index contributed by atoms with van der Waals surface area (Å²) >= 11 is 0. The van der Waals surface area contributed by atoms with Crippen LogP contribution in [0.1, 0.15) is 27.4 Å². The maximum Gasteiger partial charge on any atom is 0.371 e. The van der Waals surface area contributed by atoms with Gasteiger partial charge in [0.05, 0.1) is 6.54 Å². The molecule has 6 nitrogen and oxygen atoms in total. The van der Waals surface area contributed by atoms with E-state index >= 15 is 0 Å². The van der Waals surface area contributed by atoms with Gasteiger partial charge in [0.25, 0.3) is 0 Å². The van der Waals surface area contributed by atoms with Gasteiger partial charge in [-0.3, -0.25) is 0 Å². The Morgan fingerprint density at radius 3 is 2.70 bits per heavy atom. The van der Waals surface area contributed by atoms with Crippen LogP contribution in [-0.2, 0) is 19.6 Å². The molecule has 0 spiro atoms. The molecule has 0 saturated heterocycles. The van der Waals surface area contributed by atoms with Gasteiger partial charge in [-0.1, -0.05) is 18.2 Å². The molecule has 0 atom stereocenters. The van der Waals surface area contributed by atoms with Crippen molar-refractivity contribution < 1.29 is 23.4 Å². The second kappa shape index (κ2) is 8.42. The summed E-state index contributed by atoms with van der Waals surface area (Å²) in [5.74, 6) is -0.310. The monoisotopic (exact) mass is 408 g/mol. The van der Waals surface area contributed by atoms with Crippen molar-refractivity contribution in [1.82, 2.24) is 4.57 Å². The molecule has 0 aliphatic carbocycles. The topological polar surface area (TPSA) is 90.6 Å². The molecule has 0 fully saturated rings. The Bertz CT molecular complexity index is 1200. The third-order valence-electron chi connectivity index (χ3n) is 4.90. The molecule has 0 amide bonds. The fourth-order valence-electron chi connectivity index (χ4n) is 3.45. The largest absolute Gasteiger partial charge is 0.489 e. The van der Waals surface area contributed by atoms with Crippen molar-refractivity contribution in [3.63, 3.8) is 0 Å². The van der Waals surface area contributed by atoms with E-state index in [1.807, 2.05) is 29.0 Å². The minimum absolute atomic E-state index is 0.0903. The molecule has 4 aromatic rings. The van der Waals surface area contributed by atoms with Gasteiger partial charge >= 0.3 is 5.97 Å². The van der Waals surface area contributed by atoms with Crippen LogP contribution in [-0.4, -0.2) is 22.2 Å². The number of hydrogen-bond acceptors (Lipinski definition) is 4. The van der Waals surface area contributed by atoms with Gasteiger partial charge in [-0.25, -0.2) is 9.18 Å². The first-order chi connectivity index (χ1) is 14.5. The summed E-state index contributed by atoms with van der Waals surface area (Å²) in [6, 6.07) is 15.3. The predicted molar refractivity (Wildman–Crippen MR) is 110 cm³/mol. The van der Waals surface area contributed by atoms with Crippen LogP contribution in [0.5, 0.6) is 5.75 Å². The van der Waals surface area contributed by atoms with Gasteiger partial charge in [0.2, 0.25) is 5.76 Å². The molecule has 0 saturated carbocycles. The van der Waals surface area contributed by atoms with Crippen LogP contribution in [0.2, 0.25) is 0 Å². The molecule has 30 heavy (non-hydrogen) atoms. The Morgan fingerprint density at radius 1 is 1.13 bits per heavy atom. The van der Waals surface area contributed by atoms with E-state index in [0.717, 1.165) is 16.5 Å². The molecule has 4 rings (SSSR count). The highest BCUT2D eigenvalue weighted by Gasteiger charge is 2.13. The van der Waals surface area contributed by atoms with E-state index < -0.39 is 5.97 Å². The summed E-state index contributed by atoms with van der Waals surface area (Å²) in [5, 5.41) is 10.0. The van der Waals surface area contributed by atoms with E-state index in [2.05, 4.69) is 0 Å². The number of hydrogen-bond donors (Lipinski definition) is 2. The fraction of sp³-hybridized carbons (Fsp3) is 0.174. The number of benzene rings is 2. The lowest BCUT2D eigenvalue weighted by Crippen LogP contribution is -2.02. The van der Waals surface area contributed by atoms with Crippen molar-refractivity contribution >= 4 is 16.9 Å². The number of halogens is 1. The summed E-state index contributed by atoms with van der Waals surface area (Å²) in [6.45, 7) is 1.02. The highest BCUT2D eigenvalue weighted by molar-refractivity contribution is 5.86. The van der Waals surface area contributed by atoms with Crippen molar-refractivity contribution in [1.29, 1.82) is 0 Å². The van der Waals surface area contributed by atoms with Crippen LogP contribution < -0.4 is 10.5 Å². The minimum Gasteiger partial charge on any atom is -0.489 e. The van der Waals surface area contributed by atoms with E-state index in [9.17, 15) is 9.18 Å². The molecule has 0 radical (unpaired) electrons. The lowest BCUT2D eigenvalue weighted by molar-refractivity contribution is 0.0660. The quantitative estimate of drug-likeness (QED) is 0.456. The number of carboxylic acids is 1. The third kappa shape index (κ3) is 4.06. The number of nitrogens with two attached hydrogens (primary N) is 1. The Kier molecular flexibility index (Phi) is 5.54. The van der Waals surface area contributed by atoms with E-state index in [1.54, 1.807) is 24.3 Å². The van der Waals surface area contributed by atoms with E-state index in [0.29, 0.717) is 36.6 Å². The SMILES string of the molecule is NCCc1cn(Cc2ccc(C(=O)O)o2)c2ccc(OCc3ccccc3F)cc12. The van der Waals surface area contributed by atoms with Crippen molar-refractivity contribution in [3.8, 4) is 5.75 Å². The van der Waals surface area contributed by atoms with Gasteiger partial charge in [-0.15, -0.1) is 0 Å². The Balaban J connectivity index is 1.61. The Hall–Kier alpha value is -3.58. The molecule has 0 bridgehead atoms. The summed E-state index contributed by atoms with van der Waals surface area (Å²) in [4.78, 5) is 11.0. The molecule has 0 unspecified atom stereocenters. The number of nitrogens with zero attached hydrogens (tertiary/aromatic N) is 1. The van der Waals surface area contributed by atoms with Crippen molar-refractivity contribution in [2.75, 3.05) is 6.54 Å². The summed E-state index contributed by atoms with van der Waals surface area (Å²) in [6.07, 6.45) is 2.67. The normalized spacial score (nSPS) is 11.1. The number of furan rings is 1. The number of aromatic carboxylic acids is 1. The van der Waals surface area contributed by atoms with E-state index in [-0.39, 0.29) is 18.2 Å². The van der Waals surface area contributed by atoms with Crippen molar-refractivity contribution in [2.24, 2.45) is 5.73 Å². The number of rotatable bonds is 8. The van der Waals surface area contributed by atoms with Crippen LogP contribution in [0, 0.1) is 5.82 Å². The second-order valence-corrected chi connectivity index (χ2v) is 6.95. The summed E-state index contributed by atoms with van der Waals surface area (Å²) in [7, 11) is 0. The molecular formula is C23H21FN2O4. The van der Waals surface area contributed by atoms with E-state index in [1.165, 1.54) is 12.1 Å². The van der Waals surface area contributed by atoms with Crippen LogP contribution in [0.25, 0.3) is 10.9 Å². The van der Waals surface area contributed by atoms with Crippen LogP contribution in [0.4, 0.5) is 4.39 Å². The molecule has 0 aliphatic heterocycles. The zero-order chi connectivity index (χ0) is 21.1. The molecule has 2 aromatic heterocycles. The van der Waals surface area contributed by atoms with Crippen molar-refractivity contribution in [3.05, 3.63) is 89.3 Å². The first kappa shape index (κ1) is 19.7. The second-order valence-electron chi connectivity index (χ2n) is 6.95. The maximum absolute atomic E-state index is 13.8. The zero-order valence-corrected chi connectivity index (χ0v) is 16.2. The van der Waals surface area contributed by atoms with Gasteiger partial charge in [-0.05, 0) is 54.9 Å². The van der Waals surface area contributed by atoms with E-state index in [4.69, 9.17) is 20.0 Å². The first-order valence-corrected chi connectivity index (χ1v) is 9.55. The molecular weight excluding hydrogens is 387 g/mol. The molecule has 2 aromatic carbocycles. The fourth-order valence-corrected chi connectivity index (χ4v) is 3.45. The van der Waals surface area contributed by atoms with Crippen LogP contribution in [0.3, 0.4) is 0 Å². The smallest absolute Gasteiger partial charge is 0.371 e. The molecule has 2 heterocycles. The number of fused-ring (bicyclic) bond motifs is 1. The number of aromatic nitrogens is 1. The Labute approximate surface area is 172 Å². The zero-order valence-electron chi connectivity index (χ0n) is 16.2.